The van der Waals surface area contributed by atoms with Crippen LogP contribution in [0.25, 0.3) is 0 Å². The Hall–Kier alpha value is -3.14. The van der Waals surface area contributed by atoms with Gasteiger partial charge in [0, 0.05) is 31.5 Å². The van der Waals surface area contributed by atoms with Crippen molar-refractivity contribution in [3.63, 3.8) is 0 Å². The number of rotatable bonds is 6. The van der Waals surface area contributed by atoms with E-state index in [0.717, 1.165) is 23.7 Å². The van der Waals surface area contributed by atoms with Gasteiger partial charge < -0.3 is 25.2 Å². The lowest BCUT2D eigenvalue weighted by atomic mass is 10.1. The van der Waals surface area contributed by atoms with Gasteiger partial charge in [0.2, 0.25) is 11.8 Å². The highest BCUT2D eigenvalue weighted by Crippen LogP contribution is 2.19. The lowest BCUT2D eigenvalue weighted by Gasteiger charge is -2.28. The van der Waals surface area contributed by atoms with Crippen LogP contribution in [0.15, 0.2) is 24.3 Å². The number of anilines is 2. The number of ether oxygens (including phenoxy) is 1. The minimum Gasteiger partial charge on any atom is -0.378 e. The topological polar surface area (TPSA) is 111 Å². The standard InChI is InChI=1S/C20H27N5O5/c1-20(2)18(28)25(19(29)22-20)13-17(27)23(3)12-16(26)21-14-4-6-15(7-5-14)24-8-10-30-11-9-24/h4-7H,8-13H2,1-3H3,(H,21,26)(H,22,29). The molecule has 0 atom stereocenters. The van der Waals surface area contributed by atoms with Crippen LogP contribution < -0.4 is 15.5 Å². The highest BCUT2D eigenvalue weighted by atomic mass is 16.5. The largest absolute Gasteiger partial charge is 0.378 e. The van der Waals surface area contributed by atoms with Crippen LogP contribution in [0.5, 0.6) is 0 Å². The monoisotopic (exact) mass is 417 g/mol. The number of nitrogens with one attached hydrogen (secondary N) is 2. The quantitative estimate of drug-likeness (QED) is 0.642. The number of amides is 5. The zero-order chi connectivity index (χ0) is 21.9. The Morgan fingerprint density at radius 3 is 2.37 bits per heavy atom. The van der Waals surface area contributed by atoms with E-state index in [2.05, 4.69) is 15.5 Å². The van der Waals surface area contributed by atoms with Gasteiger partial charge in [-0.1, -0.05) is 0 Å². The van der Waals surface area contributed by atoms with E-state index >= 15 is 0 Å². The predicted molar refractivity (Wildman–Crippen MR) is 110 cm³/mol. The second-order valence-electron chi connectivity index (χ2n) is 7.89. The fraction of sp³-hybridized carbons (Fsp3) is 0.500. The molecule has 2 aliphatic heterocycles. The van der Waals surface area contributed by atoms with Crippen LogP contribution in [0.3, 0.4) is 0 Å². The van der Waals surface area contributed by atoms with Crippen LogP contribution in [0, 0.1) is 0 Å². The summed E-state index contributed by atoms with van der Waals surface area (Å²) in [6.07, 6.45) is 0. The Balaban J connectivity index is 1.50. The fourth-order valence-corrected chi connectivity index (χ4v) is 3.30. The van der Waals surface area contributed by atoms with E-state index < -0.39 is 29.9 Å². The number of carbonyl (C=O) groups is 4. The van der Waals surface area contributed by atoms with Crippen molar-refractivity contribution in [1.82, 2.24) is 15.1 Å². The Bertz CT molecular complexity index is 832. The number of imide groups is 1. The van der Waals surface area contributed by atoms with Crippen molar-refractivity contribution in [1.29, 1.82) is 0 Å². The average Bonchev–Trinajstić information content (AvgIpc) is 2.90. The van der Waals surface area contributed by atoms with Crippen molar-refractivity contribution < 1.29 is 23.9 Å². The maximum Gasteiger partial charge on any atom is 0.325 e. The van der Waals surface area contributed by atoms with E-state index in [-0.39, 0.29) is 12.5 Å². The number of benzene rings is 1. The van der Waals surface area contributed by atoms with Crippen molar-refractivity contribution in [3.05, 3.63) is 24.3 Å². The maximum atomic E-state index is 12.4. The molecule has 5 amide bonds. The van der Waals surface area contributed by atoms with Gasteiger partial charge in [0.05, 0.1) is 19.8 Å². The predicted octanol–water partition coefficient (Wildman–Crippen LogP) is 0.251. The summed E-state index contributed by atoms with van der Waals surface area (Å²) >= 11 is 0. The molecular formula is C20H27N5O5. The molecule has 2 N–H and O–H groups in total. The molecule has 0 bridgehead atoms. The van der Waals surface area contributed by atoms with E-state index in [0.29, 0.717) is 18.9 Å². The number of hydrogen-bond acceptors (Lipinski definition) is 6. The molecule has 30 heavy (non-hydrogen) atoms. The Morgan fingerprint density at radius 2 is 1.80 bits per heavy atom. The number of hydrogen-bond donors (Lipinski definition) is 2. The molecule has 2 fully saturated rings. The van der Waals surface area contributed by atoms with Crippen molar-refractivity contribution in [2.24, 2.45) is 0 Å². The van der Waals surface area contributed by atoms with Crippen LogP contribution in [0.2, 0.25) is 0 Å². The Labute approximate surface area is 175 Å². The first kappa shape index (κ1) is 21.6. The normalized spacial score (nSPS) is 18.2. The third-order valence-corrected chi connectivity index (χ3v) is 5.07. The fourth-order valence-electron chi connectivity index (χ4n) is 3.30. The molecule has 0 spiro atoms. The number of urea groups is 1. The lowest BCUT2D eigenvalue weighted by Crippen LogP contribution is -2.45. The van der Waals surface area contributed by atoms with Crippen LogP contribution in [0.4, 0.5) is 16.2 Å². The van der Waals surface area contributed by atoms with E-state index in [9.17, 15) is 19.2 Å². The summed E-state index contributed by atoms with van der Waals surface area (Å²) < 4.78 is 5.34. The zero-order valence-corrected chi connectivity index (χ0v) is 17.4. The number of morpholine rings is 1. The summed E-state index contributed by atoms with van der Waals surface area (Å²) in [5, 5.41) is 5.26. The van der Waals surface area contributed by atoms with Gasteiger partial charge in [0.25, 0.3) is 5.91 Å². The first-order chi connectivity index (χ1) is 14.2. The molecule has 3 rings (SSSR count). The van der Waals surface area contributed by atoms with E-state index in [4.69, 9.17) is 4.74 Å². The highest BCUT2D eigenvalue weighted by molar-refractivity contribution is 6.08. The van der Waals surface area contributed by atoms with Gasteiger partial charge in [-0.2, -0.15) is 0 Å². The van der Waals surface area contributed by atoms with Gasteiger partial charge in [-0.3, -0.25) is 19.3 Å². The van der Waals surface area contributed by atoms with Crippen LogP contribution in [0.1, 0.15) is 13.8 Å². The molecule has 10 nitrogen and oxygen atoms in total. The van der Waals surface area contributed by atoms with Gasteiger partial charge in [-0.25, -0.2) is 4.79 Å². The average molecular weight is 417 g/mol. The third-order valence-electron chi connectivity index (χ3n) is 5.07. The summed E-state index contributed by atoms with van der Waals surface area (Å²) in [7, 11) is 1.45. The molecule has 10 heteroatoms. The molecular weight excluding hydrogens is 390 g/mol. The number of likely N-dealkylation sites (N-methyl/N-ethyl adjacent to an activating group) is 1. The van der Waals surface area contributed by atoms with E-state index in [1.807, 2.05) is 12.1 Å². The molecule has 2 aliphatic rings. The molecule has 162 valence electrons. The van der Waals surface area contributed by atoms with Gasteiger partial charge in [-0.05, 0) is 38.1 Å². The molecule has 0 aliphatic carbocycles. The highest BCUT2D eigenvalue weighted by Gasteiger charge is 2.45. The molecule has 1 aromatic rings. The third kappa shape index (κ3) is 4.88. The molecule has 0 saturated carbocycles. The van der Waals surface area contributed by atoms with Gasteiger partial charge in [0.15, 0.2) is 0 Å². The van der Waals surface area contributed by atoms with Crippen LogP contribution >= 0.6 is 0 Å². The second-order valence-corrected chi connectivity index (χ2v) is 7.89. The molecule has 1 aromatic carbocycles. The summed E-state index contributed by atoms with van der Waals surface area (Å²) in [4.78, 5) is 53.0. The maximum absolute atomic E-state index is 12.4. The Kier molecular flexibility index (Phi) is 6.25. The summed E-state index contributed by atoms with van der Waals surface area (Å²) in [5.74, 6) is -1.35. The first-order valence-electron chi connectivity index (χ1n) is 9.78. The number of carbonyl (C=O) groups excluding carboxylic acids is 4. The van der Waals surface area contributed by atoms with Crippen molar-refractivity contribution in [2.45, 2.75) is 19.4 Å². The molecule has 2 heterocycles. The smallest absolute Gasteiger partial charge is 0.325 e. The molecule has 0 aromatic heterocycles. The van der Waals surface area contributed by atoms with Crippen LogP contribution in [-0.4, -0.2) is 85.5 Å². The molecule has 0 unspecified atom stereocenters. The first-order valence-corrected chi connectivity index (χ1v) is 9.78. The van der Waals surface area contributed by atoms with E-state index in [1.165, 1.54) is 11.9 Å². The number of nitrogens with zero attached hydrogens (tertiary/aromatic N) is 3. The summed E-state index contributed by atoms with van der Waals surface area (Å²) in [5.41, 5.74) is 0.634. The molecule has 2 saturated heterocycles. The summed E-state index contributed by atoms with van der Waals surface area (Å²) in [6, 6.07) is 6.85. The second kappa shape index (κ2) is 8.70. The summed E-state index contributed by atoms with van der Waals surface area (Å²) in [6.45, 7) is 5.57. The SMILES string of the molecule is CN(CC(=O)Nc1ccc(N2CCOCC2)cc1)C(=O)CN1C(=O)NC(C)(C)C1=O. The Morgan fingerprint density at radius 1 is 1.17 bits per heavy atom. The minimum absolute atomic E-state index is 0.197. The minimum atomic E-state index is -1.04. The van der Waals surface area contributed by atoms with Gasteiger partial charge >= 0.3 is 6.03 Å². The zero-order valence-electron chi connectivity index (χ0n) is 17.4. The molecule has 0 radical (unpaired) electrons. The van der Waals surface area contributed by atoms with Crippen molar-refractivity contribution in [3.8, 4) is 0 Å². The van der Waals surface area contributed by atoms with Crippen molar-refractivity contribution >= 4 is 35.1 Å². The van der Waals surface area contributed by atoms with Gasteiger partial charge in [0.1, 0.15) is 12.1 Å². The van der Waals surface area contributed by atoms with Crippen molar-refractivity contribution in [2.75, 3.05) is 56.7 Å². The van der Waals surface area contributed by atoms with Gasteiger partial charge in [-0.15, -0.1) is 0 Å². The van der Waals surface area contributed by atoms with E-state index in [1.54, 1.807) is 26.0 Å². The lowest BCUT2D eigenvalue weighted by molar-refractivity contribution is -0.138. The van der Waals surface area contributed by atoms with Crippen LogP contribution in [-0.2, 0) is 19.1 Å².